The van der Waals surface area contributed by atoms with Gasteiger partial charge >= 0.3 is 11.9 Å². The van der Waals surface area contributed by atoms with Crippen LogP contribution < -0.4 is 0 Å². The van der Waals surface area contributed by atoms with Gasteiger partial charge in [0, 0.05) is 0 Å². The van der Waals surface area contributed by atoms with Crippen molar-refractivity contribution in [1.29, 1.82) is 0 Å². The lowest BCUT2D eigenvalue weighted by atomic mass is 9.82. The molecule has 0 N–H and O–H groups in total. The van der Waals surface area contributed by atoms with Crippen molar-refractivity contribution >= 4 is 11.9 Å². The minimum Gasteiger partial charge on any atom is -0.465 e. The van der Waals surface area contributed by atoms with Crippen molar-refractivity contribution in [2.24, 2.45) is 11.3 Å². The number of carbonyl (C=O) groups is 2. The molecule has 0 aromatic heterocycles. The Balaban J connectivity index is 4.86. The van der Waals surface area contributed by atoms with Gasteiger partial charge in [-0.25, -0.2) is 0 Å². The molecule has 0 aliphatic heterocycles. The van der Waals surface area contributed by atoms with Crippen LogP contribution >= 0.6 is 0 Å². The van der Waals surface area contributed by atoms with Crippen molar-refractivity contribution in [1.82, 2.24) is 0 Å². The molecule has 0 saturated carbocycles. The van der Waals surface area contributed by atoms with E-state index >= 15 is 0 Å². The Morgan fingerprint density at radius 3 is 1.69 bits per heavy atom. The lowest BCUT2D eigenvalue weighted by Crippen LogP contribution is -2.40. The first kappa shape index (κ1) is 14.9. The molecule has 4 heteroatoms. The number of hydrogen-bond donors (Lipinski definition) is 0. The van der Waals surface area contributed by atoms with Crippen LogP contribution in [0.1, 0.15) is 41.0 Å². The molecule has 0 heterocycles. The topological polar surface area (TPSA) is 52.6 Å². The second kappa shape index (κ2) is 6.51. The van der Waals surface area contributed by atoms with Crippen molar-refractivity contribution < 1.29 is 19.1 Å². The summed E-state index contributed by atoms with van der Waals surface area (Å²) in [4.78, 5) is 23.6. The molecule has 0 fully saturated rings. The van der Waals surface area contributed by atoms with E-state index in [-0.39, 0.29) is 19.1 Å². The Morgan fingerprint density at radius 2 is 1.44 bits per heavy atom. The van der Waals surface area contributed by atoms with E-state index in [1.807, 2.05) is 13.8 Å². The summed E-state index contributed by atoms with van der Waals surface area (Å²) in [7, 11) is 0. The molecule has 0 unspecified atom stereocenters. The van der Waals surface area contributed by atoms with Gasteiger partial charge in [-0.3, -0.25) is 9.59 Å². The number of esters is 2. The number of rotatable bonds is 6. The molecule has 16 heavy (non-hydrogen) atoms. The summed E-state index contributed by atoms with van der Waals surface area (Å²) < 4.78 is 9.87. The molecule has 0 saturated heterocycles. The standard InChI is InChI=1S/C12H22O4/c1-6-15-10(13)12(5,8-9(3)4)11(14)16-7-2/h9H,6-8H2,1-5H3. The maximum atomic E-state index is 11.8. The van der Waals surface area contributed by atoms with E-state index in [4.69, 9.17) is 9.47 Å². The second-order valence-electron chi connectivity index (χ2n) is 4.37. The first-order chi connectivity index (χ1) is 7.38. The Morgan fingerprint density at radius 1 is 1.06 bits per heavy atom. The summed E-state index contributed by atoms with van der Waals surface area (Å²) in [6, 6.07) is 0. The molecule has 4 nitrogen and oxygen atoms in total. The highest BCUT2D eigenvalue weighted by atomic mass is 16.6. The molecular weight excluding hydrogens is 208 g/mol. The van der Waals surface area contributed by atoms with Crippen molar-refractivity contribution in [3.8, 4) is 0 Å². The number of carbonyl (C=O) groups excluding carboxylic acids is 2. The van der Waals surface area contributed by atoms with Crippen molar-refractivity contribution in [2.45, 2.75) is 41.0 Å². The minimum atomic E-state index is -1.18. The normalized spacial score (nSPS) is 11.4. The van der Waals surface area contributed by atoms with Gasteiger partial charge in [0.1, 0.15) is 0 Å². The molecule has 0 atom stereocenters. The Bertz CT molecular complexity index is 227. The molecule has 0 radical (unpaired) electrons. The highest BCUT2D eigenvalue weighted by molar-refractivity contribution is 5.99. The lowest BCUT2D eigenvalue weighted by molar-refractivity contribution is -0.172. The molecule has 0 rings (SSSR count). The van der Waals surface area contributed by atoms with Crippen LogP contribution in [0.4, 0.5) is 0 Å². The fraction of sp³-hybridized carbons (Fsp3) is 0.833. The van der Waals surface area contributed by atoms with Gasteiger partial charge in [0.2, 0.25) is 0 Å². The zero-order valence-electron chi connectivity index (χ0n) is 10.8. The van der Waals surface area contributed by atoms with E-state index in [1.165, 1.54) is 0 Å². The zero-order chi connectivity index (χ0) is 12.8. The molecular formula is C12H22O4. The van der Waals surface area contributed by atoms with Crippen LogP contribution in [0.25, 0.3) is 0 Å². The third-order valence-corrected chi connectivity index (χ3v) is 2.27. The van der Waals surface area contributed by atoms with E-state index < -0.39 is 17.4 Å². The zero-order valence-corrected chi connectivity index (χ0v) is 10.8. The third kappa shape index (κ3) is 3.83. The average molecular weight is 230 g/mol. The van der Waals surface area contributed by atoms with Crippen molar-refractivity contribution in [3.63, 3.8) is 0 Å². The van der Waals surface area contributed by atoms with Gasteiger partial charge in [0.25, 0.3) is 0 Å². The van der Waals surface area contributed by atoms with Gasteiger partial charge in [-0.1, -0.05) is 13.8 Å². The van der Waals surface area contributed by atoms with Crippen LogP contribution in [0.2, 0.25) is 0 Å². The molecule has 0 spiro atoms. The average Bonchev–Trinajstić information content (AvgIpc) is 2.17. The lowest BCUT2D eigenvalue weighted by Gasteiger charge is -2.26. The predicted molar refractivity (Wildman–Crippen MR) is 60.8 cm³/mol. The van der Waals surface area contributed by atoms with E-state index in [0.29, 0.717) is 6.42 Å². The first-order valence-corrected chi connectivity index (χ1v) is 5.72. The maximum absolute atomic E-state index is 11.8. The Kier molecular flexibility index (Phi) is 6.08. The predicted octanol–water partition coefficient (Wildman–Crippen LogP) is 2.17. The van der Waals surface area contributed by atoms with E-state index in [0.717, 1.165) is 0 Å². The highest BCUT2D eigenvalue weighted by Gasteiger charge is 2.44. The van der Waals surface area contributed by atoms with Crippen LogP contribution in [-0.4, -0.2) is 25.2 Å². The van der Waals surface area contributed by atoms with Crippen LogP contribution in [0.15, 0.2) is 0 Å². The SMILES string of the molecule is CCOC(=O)C(C)(CC(C)C)C(=O)OCC. The molecule has 94 valence electrons. The minimum absolute atomic E-state index is 0.221. The van der Waals surface area contributed by atoms with Crippen LogP contribution in [-0.2, 0) is 19.1 Å². The third-order valence-electron chi connectivity index (χ3n) is 2.27. The second-order valence-corrected chi connectivity index (χ2v) is 4.37. The van der Waals surface area contributed by atoms with Crippen molar-refractivity contribution in [3.05, 3.63) is 0 Å². The summed E-state index contributed by atoms with van der Waals surface area (Å²) in [5.74, 6) is -0.775. The van der Waals surface area contributed by atoms with Gasteiger partial charge in [0.05, 0.1) is 13.2 Å². The summed E-state index contributed by atoms with van der Waals surface area (Å²) in [6.07, 6.45) is 0.435. The fourth-order valence-electron chi connectivity index (χ4n) is 1.65. The molecule has 0 amide bonds. The number of ether oxygens (including phenoxy) is 2. The fourth-order valence-corrected chi connectivity index (χ4v) is 1.65. The van der Waals surface area contributed by atoms with E-state index in [9.17, 15) is 9.59 Å². The highest BCUT2D eigenvalue weighted by Crippen LogP contribution is 2.29. The molecule has 0 aromatic carbocycles. The smallest absolute Gasteiger partial charge is 0.323 e. The number of hydrogen-bond acceptors (Lipinski definition) is 4. The van der Waals surface area contributed by atoms with Crippen LogP contribution in [0.5, 0.6) is 0 Å². The molecule has 0 aliphatic rings. The molecule has 0 bridgehead atoms. The Labute approximate surface area is 97.3 Å². The first-order valence-electron chi connectivity index (χ1n) is 5.72. The maximum Gasteiger partial charge on any atom is 0.323 e. The van der Waals surface area contributed by atoms with Gasteiger partial charge < -0.3 is 9.47 Å². The summed E-state index contributed by atoms with van der Waals surface area (Å²) >= 11 is 0. The van der Waals surface area contributed by atoms with E-state index in [1.54, 1.807) is 20.8 Å². The van der Waals surface area contributed by atoms with Gasteiger partial charge in [-0.15, -0.1) is 0 Å². The summed E-state index contributed by atoms with van der Waals surface area (Å²) in [5, 5.41) is 0. The monoisotopic (exact) mass is 230 g/mol. The quantitative estimate of drug-likeness (QED) is 0.518. The largest absolute Gasteiger partial charge is 0.465 e. The summed E-state index contributed by atoms with van der Waals surface area (Å²) in [5.41, 5.74) is -1.18. The molecule has 0 aliphatic carbocycles. The van der Waals surface area contributed by atoms with E-state index in [2.05, 4.69) is 0 Å². The van der Waals surface area contributed by atoms with Gasteiger partial charge in [-0.2, -0.15) is 0 Å². The van der Waals surface area contributed by atoms with Crippen molar-refractivity contribution in [2.75, 3.05) is 13.2 Å². The van der Waals surface area contributed by atoms with Gasteiger partial charge in [0.15, 0.2) is 5.41 Å². The molecule has 0 aromatic rings. The van der Waals surface area contributed by atoms with Gasteiger partial charge in [-0.05, 0) is 33.1 Å². The van der Waals surface area contributed by atoms with Crippen LogP contribution in [0.3, 0.4) is 0 Å². The Hall–Kier alpha value is -1.06. The summed E-state index contributed by atoms with van der Waals surface area (Å²) in [6.45, 7) is 9.48. The van der Waals surface area contributed by atoms with Crippen LogP contribution in [0, 0.1) is 11.3 Å².